The number of carbonyl (C=O) groups excluding carboxylic acids is 2. The minimum absolute atomic E-state index is 0.0271. The molecular formula is C24H27ClN4O8. The van der Waals surface area contributed by atoms with Crippen LogP contribution in [0, 0.1) is 20.2 Å². The molecule has 2 rings (SSSR count). The molecule has 0 radical (unpaired) electrons. The third-order valence-electron chi connectivity index (χ3n) is 4.49. The zero-order chi connectivity index (χ0) is 28.0. The van der Waals surface area contributed by atoms with Crippen LogP contribution in [0.4, 0.5) is 17.1 Å². The Hall–Kier alpha value is -4.29. The number of ether oxygens (including phenoxy) is 2. The van der Waals surface area contributed by atoms with Gasteiger partial charge in [0.1, 0.15) is 10.7 Å². The molecule has 0 fully saturated rings. The summed E-state index contributed by atoms with van der Waals surface area (Å²) in [5.74, 6) is -1.04. The van der Waals surface area contributed by atoms with Crippen molar-refractivity contribution in [3.05, 3.63) is 84.9 Å². The number of esters is 2. The monoisotopic (exact) mass is 534 g/mol. The van der Waals surface area contributed by atoms with Gasteiger partial charge in [-0.1, -0.05) is 23.7 Å². The van der Waals surface area contributed by atoms with E-state index in [0.717, 1.165) is 6.54 Å². The average molecular weight is 535 g/mol. The van der Waals surface area contributed by atoms with Crippen molar-refractivity contribution in [1.82, 2.24) is 4.90 Å². The highest BCUT2D eigenvalue weighted by Crippen LogP contribution is 2.26. The Morgan fingerprint density at radius 3 is 1.86 bits per heavy atom. The normalized spacial score (nSPS) is 10.6. The van der Waals surface area contributed by atoms with E-state index in [1.807, 2.05) is 19.0 Å². The predicted octanol–water partition coefficient (Wildman–Crippen LogP) is 4.19. The fourth-order valence-corrected chi connectivity index (χ4v) is 2.79. The molecule has 0 bridgehead atoms. The van der Waals surface area contributed by atoms with Crippen LogP contribution in [0.15, 0.2) is 48.6 Å². The molecule has 1 N–H and O–H groups in total. The third-order valence-corrected chi connectivity index (χ3v) is 4.81. The first-order valence-electron chi connectivity index (χ1n) is 10.6. The summed E-state index contributed by atoms with van der Waals surface area (Å²) < 4.78 is 8.86. The number of carbonyl (C=O) groups is 2. The van der Waals surface area contributed by atoms with E-state index in [2.05, 4.69) is 14.8 Å². The summed E-state index contributed by atoms with van der Waals surface area (Å²) in [6.45, 7) is 1.37. The van der Waals surface area contributed by atoms with E-state index in [9.17, 15) is 29.8 Å². The fraction of sp³-hybridized carbons (Fsp3) is 0.250. The number of halogens is 1. The Kier molecular flexibility index (Phi) is 13.0. The predicted molar refractivity (Wildman–Crippen MR) is 140 cm³/mol. The summed E-state index contributed by atoms with van der Waals surface area (Å²) in [5, 5.41) is 24.8. The van der Waals surface area contributed by atoms with Crippen molar-refractivity contribution in [3.8, 4) is 0 Å². The van der Waals surface area contributed by atoms with E-state index in [4.69, 9.17) is 11.6 Å². The summed E-state index contributed by atoms with van der Waals surface area (Å²) in [6, 6.07) is 8.99. The number of methoxy groups -OCH3 is 2. The molecule has 0 unspecified atom stereocenters. The lowest BCUT2D eigenvalue weighted by Gasteiger charge is -2.11. The van der Waals surface area contributed by atoms with E-state index in [1.54, 1.807) is 18.2 Å². The summed E-state index contributed by atoms with van der Waals surface area (Å²) >= 11 is 5.62. The van der Waals surface area contributed by atoms with Gasteiger partial charge in [0.05, 0.1) is 24.1 Å². The highest BCUT2D eigenvalue weighted by atomic mass is 35.5. The maximum absolute atomic E-state index is 11.1. The quantitative estimate of drug-likeness (QED) is 0.203. The van der Waals surface area contributed by atoms with E-state index < -0.39 is 21.8 Å². The van der Waals surface area contributed by atoms with E-state index in [0.29, 0.717) is 23.4 Å². The van der Waals surface area contributed by atoms with Crippen LogP contribution in [-0.2, 0) is 19.1 Å². The SMILES string of the molecule is COC(=O)C=Cc1ccc(Cl)c([N+](=O)[O-])c1.COC(=O)C=Cc1ccc(NCCN(C)C)c([N+](=O)[O-])c1. The van der Waals surface area contributed by atoms with Crippen molar-refractivity contribution in [2.24, 2.45) is 0 Å². The van der Waals surface area contributed by atoms with Crippen molar-refractivity contribution in [3.63, 3.8) is 0 Å². The first-order chi connectivity index (χ1) is 17.5. The molecule has 0 atom stereocenters. The van der Waals surface area contributed by atoms with E-state index >= 15 is 0 Å². The second kappa shape index (κ2) is 15.7. The number of nitro groups is 2. The highest BCUT2D eigenvalue weighted by molar-refractivity contribution is 6.32. The van der Waals surface area contributed by atoms with Gasteiger partial charge in [-0.15, -0.1) is 0 Å². The van der Waals surface area contributed by atoms with E-state index in [1.165, 1.54) is 56.7 Å². The maximum atomic E-state index is 11.1. The summed E-state index contributed by atoms with van der Waals surface area (Å²) in [5.41, 5.74) is 1.29. The molecule has 13 heteroatoms. The van der Waals surface area contributed by atoms with Crippen molar-refractivity contribution < 1.29 is 28.9 Å². The van der Waals surface area contributed by atoms with Gasteiger partial charge >= 0.3 is 11.9 Å². The molecule has 2 aromatic rings. The summed E-state index contributed by atoms with van der Waals surface area (Å²) in [7, 11) is 6.37. The topological polar surface area (TPSA) is 154 Å². The largest absolute Gasteiger partial charge is 0.466 e. The number of nitro benzene ring substituents is 2. The minimum Gasteiger partial charge on any atom is -0.466 e. The molecule has 0 saturated heterocycles. The molecule has 0 aliphatic rings. The van der Waals surface area contributed by atoms with Gasteiger partial charge in [0, 0.05) is 37.4 Å². The standard InChI is InChI=1S/C14H19N3O4.C10H8ClNO4/c1-16(2)9-8-15-12-6-4-11(5-7-14(18)21-3)10-13(12)17(19)20;1-16-10(13)5-3-7-2-4-8(11)9(6-7)12(14)15/h4-7,10,15H,8-9H2,1-3H3;2-6H,1H3. The molecular weight excluding hydrogens is 508 g/mol. The molecule has 0 spiro atoms. The third kappa shape index (κ3) is 11.3. The second-order valence-corrected chi connectivity index (χ2v) is 7.85. The Morgan fingerprint density at radius 1 is 0.919 bits per heavy atom. The highest BCUT2D eigenvalue weighted by Gasteiger charge is 2.14. The fourth-order valence-electron chi connectivity index (χ4n) is 2.60. The Morgan fingerprint density at radius 2 is 1.41 bits per heavy atom. The van der Waals surface area contributed by atoms with E-state index in [-0.39, 0.29) is 16.4 Å². The molecule has 0 aromatic heterocycles. The summed E-state index contributed by atoms with van der Waals surface area (Å²) in [4.78, 5) is 44.4. The first-order valence-corrected chi connectivity index (χ1v) is 11.0. The number of hydrogen-bond donors (Lipinski definition) is 1. The van der Waals surface area contributed by atoms with Gasteiger partial charge in [-0.3, -0.25) is 20.2 Å². The zero-order valence-corrected chi connectivity index (χ0v) is 21.4. The molecule has 198 valence electrons. The smallest absolute Gasteiger partial charge is 0.330 e. The van der Waals surface area contributed by atoms with Crippen LogP contribution in [0.1, 0.15) is 11.1 Å². The number of anilines is 1. The first kappa shape index (κ1) is 30.7. The van der Waals surface area contributed by atoms with Crippen molar-refractivity contribution >= 4 is 52.8 Å². The molecule has 0 heterocycles. The number of benzene rings is 2. The van der Waals surface area contributed by atoms with Gasteiger partial charge in [0.25, 0.3) is 11.4 Å². The Balaban J connectivity index is 0.000000384. The number of nitrogens with zero attached hydrogens (tertiary/aromatic N) is 3. The second-order valence-electron chi connectivity index (χ2n) is 7.44. The maximum Gasteiger partial charge on any atom is 0.330 e. The molecule has 12 nitrogen and oxygen atoms in total. The molecule has 0 amide bonds. The van der Waals surface area contributed by atoms with Crippen LogP contribution < -0.4 is 5.32 Å². The van der Waals surface area contributed by atoms with Gasteiger partial charge in [-0.25, -0.2) is 9.59 Å². The Labute approximate surface area is 218 Å². The number of hydrogen-bond acceptors (Lipinski definition) is 10. The molecule has 0 saturated carbocycles. The van der Waals surface area contributed by atoms with Crippen LogP contribution in [0.2, 0.25) is 5.02 Å². The van der Waals surface area contributed by atoms with Crippen molar-refractivity contribution in [2.45, 2.75) is 0 Å². The van der Waals surface area contributed by atoms with Crippen LogP contribution in [-0.4, -0.2) is 68.1 Å². The van der Waals surface area contributed by atoms with Crippen LogP contribution >= 0.6 is 11.6 Å². The van der Waals surface area contributed by atoms with Crippen LogP contribution in [0.5, 0.6) is 0 Å². The lowest BCUT2D eigenvalue weighted by Crippen LogP contribution is -2.21. The van der Waals surface area contributed by atoms with Crippen LogP contribution in [0.25, 0.3) is 12.2 Å². The van der Waals surface area contributed by atoms with Crippen LogP contribution in [0.3, 0.4) is 0 Å². The number of likely N-dealkylation sites (N-methyl/N-ethyl adjacent to an activating group) is 1. The Bertz CT molecular complexity index is 1180. The lowest BCUT2D eigenvalue weighted by atomic mass is 10.1. The van der Waals surface area contributed by atoms with Gasteiger partial charge in [0.15, 0.2) is 0 Å². The molecule has 0 aliphatic heterocycles. The average Bonchev–Trinajstić information content (AvgIpc) is 2.86. The number of nitrogens with one attached hydrogen (secondary N) is 1. The molecule has 0 aliphatic carbocycles. The lowest BCUT2D eigenvalue weighted by molar-refractivity contribution is -0.384. The minimum atomic E-state index is -0.586. The van der Waals surface area contributed by atoms with Gasteiger partial charge < -0.3 is 19.7 Å². The zero-order valence-electron chi connectivity index (χ0n) is 20.7. The summed E-state index contributed by atoms with van der Waals surface area (Å²) in [6.07, 6.45) is 5.28. The van der Waals surface area contributed by atoms with Crippen molar-refractivity contribution in [2.75, 3.05) is 46.7 Å². The molecule has 37 heavy (non-hydrogen) atoms. The van der Waals surface area contributed by atoms with Gasteiger partial charge in [0.2, 0.25) is 0 Å². The van der Waals surface area contributed by atoms with Gasteiger partial charge in [-0.05, 0) is 49.5 Å². The number of rotatable bonds is 10. The molecule has 2 aromatic carbocycles. The van der Waals surface area contributed by atoms with Crippen molar-refractivity contribution in [1.29, 1.82) is 0 Å². The van der Waals surface area contributed by atoms with Gasteiger partial charge in [-0.2, -0.15) is 0 Å².